The molecule has 1 amide bonds. The highest BCUT2D eigenvalue weighted by atomic mass is 35.5. The molecule has 37 heavy (non-hydrogen) atoms. The van der Waals surface area contributed by atoms with Gasteiger partial charge in [-0.05, 0) is 59.4 Å². The summed E-state index contributed by atoms with van der Waals surface area (Å²) in [4.78, 5) is 22.6. The largest absolute Gasteiger partial charge is 0.449 e. The van der Waals surface area contributed by atoms with Gasteiger partial charge in [0.05, 0.1) is 15.9 Å². The molecule has 2 atom stereocenters. The van der Waals surface area contributed by atoms with Crippen molar-refractivity contribution < 1.29 is 27.9 Å². The molecule has 0 fully saturated rings. The highest BCUT2D eigenvalue weighted by Gasteiger charge is 2.46. The minimum absolute atomic E-state index is 0.0568. The Kier molecular flexibility index (Phi) is 8.47. The van der Waals surface area contributed by atoms with Gasteiger partial charge in [0.2, 0.25) is 9.84 Å². The molecule has 3 rings (SSSR count). The average Bonchev–Trinajstić information content (AvgIpc) is 2.85. The number of aliphatic hydroxyl groups excluding tert-OH is 1. The number of primary amides is 1. The lowest BCUT2D eigenvalue weighted by atomic mass is 9.60. The summed E-state index contributed by atoms with van der Waals surface area (Å²) in [7, 11) is -3.84. The maximum absolute atomic E-state index is 13.2. The minimum atomic E-state index is -3.84. The summed E-state index contributed by atoms with van der Waals surface area (Å²) < 4.78 is 31.6. The summed E-state index contributed by atoms with van der Waals surface area (Å²) >= 11 is 6.13. The van der Waals surface area contributed by atoms with Gasteiger partial charge in [0, 0.05) is 16.0 Å². The molecule has 0 aliphatic heterocycles. The number of sulfone groups is 1. The standard InChI is InChI=1S/C28H30ClNO6S/c1-27(2,3)28(18-36-26(30)33,16-25(32)20-5-4-6-22(29)15-20)21-9-13-24(14-10-21)37(34,35)23-11-7-19(17-31)8-12-23/h4-15,17,25,32H,16,18H2,1-3H3,(H2,30,33)/t25-,28?/m1/s1. The molecule has 3 aromatic carbocycles. The van der Waals surface area contributed by atoms with Crippen molar-refractivity contribution in [3.63, 3.8) is 0 Å². The number of nitrogens with two attached hydrogens (primary N) is 1. The van der Waals surface area contributed by atoms with E-state index >= 15 is 0 Å². The summed E-state index contributed by atoms with van der Waals surface area (Å²) in [5.74, 6) is 0. The predicted octanol–water partition coefficient (Wildman–Crippen LogP) is 5.49. The van der Waals surface area contributed by atoms with Crippen LogP contribution in [0, 0.1) is 5.41 Å². The van der Waals surface area contributed by atoms with Gasteiger partial charge in [-0.2, -0.15) is 0 Å². The number of rotatable bonds is 9. The monoisotopic (exact) mass is 543 g/mol. The van der Waals surface area contributed by atoms with Crippen molar-refractivity contribution in [1.29, 1.82) is 0 Å². The van der Waals surface area contributed by atoms with Crippen LogP contribution in [0.2, 0.25) is 5.02 Å². The fourth-order valence-electron chi connectivity index (χ4n) is 4.39. The molecule has 0 saturated carbocycles. The van der Waals surface area contributed by atoms with Crippen molar-refractivity contribution in [2.75, 3.05) is 6.61 Å². The van der Waals surface area contributed by atoms with E-state index in [2.05, 4.69) is 0 Å². The van der Waals surface area contributed by atoms with Gasteiger partial charge in [-0.1, -0.05) is 68.8 Å². The third-order valence-electron chi connectivity index (χ3n) is 6.72. The summed E-state index contributed by atoms with van der Waals surface area (Å²) in [5, 5.41) is 11.7. The van der Waals surface area contributed by atoms with Crippen LogP contribution in [0.25, 0.3) is 0 Å². The maximum atomic E-state index is 13.2. The molecule has 0 bridgehead atoms. The van der Waals surface area contributed by atoms with Crippen LogP contribution in [0.4, 0.5) is 4.79 Å². The fourth-order valence-corrected chi connectivity index (χ4v) is 5.85. The van der Waals surface area contributed by atoms with Gasteiger partial charge < -0.3 is 15.6 Å². The molecule has 0 radical (unpaired) electrons. The van der Waals surface area contributed by atoms with Crippen molar-refractivity contribution in [1.82, 2.24) is 0 Å². The van der Waals surface area contributed by atoms with Crippen molar-refractivity contribution in [3.8, 4) is 0 Å². The van der Waals surface area contributed by atoms with Gasteiger partial charge in [0.1, 0.15) is 12.9 Å². The SMILES string of the molecule is CC(C)(C)C(COC(N)=O)(C[C@@H](O)c1cccc(Cl)c1)c1ccc(S(=O)(=O)c2ccc(C=O)cc2)cc1. The second-order valence-electron chi connectivity index (χ2n) is 9.93. The van der Waals surface area contributed by atoms with Crippen LogP contribution >= 0.6 is 11.6 Å². The smallest absolute Gasteiger partial charge is 0.404 e. The van der Waals surface area contributed by atoms with Crippen LogP contribution < -0.4 is 5.73 Å². The van der Waals surface area contributed by atoms with Crippen molar-refractivity contribution in [3.05, 3.63) is 94.5 Å². The summed E-state index contributed by atoms with van der Waals surface area (Å²) in [5.41, 5.74) is 5.43. The molecule has 3 N–H and O–H groups in total. The zero-order valence-corrected chi connectivity index (χ0v) is 22.4. The van der Waals surface area contributed by atoms with Crippen LogP contribution in [0.3, 0.4) is 0 Å². The van der Waals surface area contributed by atoms with E-state index in [-0.39, 0.29) is 22.8 Å². The van der Waals surface area contributed by atoms with Gasteiger partial charge >= 0.3 is 6.09 Å². The van der Waals surface area contributed by atoms with Gasteiger partial charge in [-0.25, -0.2) is 13.2 Å². The van der Waals surface area contributed by atoms with Gasteiger partial charge in [0.25, 0.3) is 0 Å². The molecule has 0 aromatic heterocycles. The summed E-state index contributed by atoms with van der Waals surface area (Å²) in [6, 6.07) is 18.8. The van der Waals surface area contributed by atoms with Gasteiger partial charge in [0.15, 0.2) is 0 Å². The second kappa shape index (κ2) is 11.0. The van der Waals surface area contributed by atoms with Crippen LogP contribution in [0.5, 0.6) is 0 Å². The molecule has 0 aliphatic rings. The lowest BCUT2D eigenvalue weighted by molar-refractivity contribution is 0.0223. The number of amides is 1. The number of aldehydes is 1. The van der Waals surface area contributed by atoms with E-state index in [9.17, 15) is 23.1 Å². The number of hydrogen-bond donors (Lipinski definition) is 2. The van der Waals surface area contributed by atoms with Gasteiger partial charge in [-0.15, -0.1) is 0 Å². The van der Waals surface area contributed by atoms with Crippen LogP contribution in [-0.2, 0) is 20.0 Å². The van der Waals surface area contributed by atoms with E-state index in [1.54, 1.807) is 36.4 Å². The number of carbonyl (C=O) groups is 2. The average molecular weight is 544 g/mol. The Hall–Kier alpha value is -3.20. The van der Waals surface area contributed by atoms with E-state index in [1.165, 1.54) is 36.4 Å². The molecule has 0 spiro atoms. The van der Waals surface area contributed by atoms with E-state index in [0.717, 1.165) is 0 Å². The third-order valence-corrected chi connectivity index (χ3v) is 8.74. The summed E-state index contributed by atoms with van der Waals surface area (Å²) in [6.45, 7) is 5.70. The zero-order chi connectivity index (χ0) is 27.4. The van der Waals surface area contributed by atoms with E-state index in [0.29, 0.717) is 28.0 Å². The molecule has 7 nitrogen and oxygen atoms in total. The summed E-state index contributed by atoms with van der Waals surface area (Å²) in [6.07, 6.45) is -1.13. The van der Waals surface area contributed by atoms with Crippen LogP contribution in [-0.4, -0.2) is 32.5 Å². The molecular formula is C28H30ClNO6S. The molecule has 196 valence electrons. The molecule has 1 unspecified atom stereocenters. The molecule has 0 aliphatic carbocycles. The first-order chi connectivity index (χ1) is 17.3. The zero-order valence-electron chi connectivity index (χ0n) is 20.8. The Morgan fingerprint density at radius 2 is 1.59 bits per heavy atom. The molecule has 3 aromatic rings. The Morgan fingerprint density at radius 1 is 1.03 bits per heavy atom. The van der Waals surface area contributed by atoms with Crippen LogP contribution in [0.15, 0.2) is 82.6 Å². The minimum Gasteiger partial charge on any atom is -0.449 e. The Morgan fingerprint density at radius 3 is 2.08 bits per heavy atom. The third kappa shape index (κ3) is 6.21. The fraction of sp³-hybridized carbons (Fsp3) is 0.286. The number of aliphatic hydroxyl groups is 1. The number of halogens is 1. The highest BCUT2D eigenvalue weighted by molar-refractivity contribution is 7.91. The Bertz CT molecular complexity index is 1370. The maximum Gasteiger partial charge on any atom is 0.404 e. The molecule has 0 saturated heterocycles. The first-order valence-corrected chi connectivity index (χ1v) is 13.4. The number of benzene rings is 3. The number of hydrogen-bond acceptors (Lipinski definition) is 6. The second-order valence-corrected chi connectivity index (χ2v) is 12.3. The Labute approximate surface area is 222 Å². The number of ether oxygens (including phenoxy) is 1. The topological polar surface area (TPSA) is 124 Å². The quantitative estimate of drug-likeness (QED) is 0.344. The first-order valence-electron chi connectivity index (χ1n) is 11.6. The predicted molar refractivity (Wildman–Crippen MR) is 141 cm³/mol. The highest BCUT2D eigenvalue weighted by Crippen LogP contribution is 2.48. The molecule has 9 heteroatoms. The lowest BCUT2D eigenvalue weighted by Crippen LogP contribution is -2.46. The van der Waals surface area contributed by atoms with E-state index < -0.39 is 32.9 Å². The van der Waals surface area contributed by atoms with E-state index in [1.807, 2.05) is 20.8 Å². The normalized spacial score (nSPS) is 14.4. The first kappa shape index (κ1) is 28.4. The van der Waals surface area contributed by atoms with E-state index in [4.69, 9.17) is 22.1 Å². The molecule has 0 heterocycles. The molecular weight excluding hydrogens is 514 g/mol. The Balaban J connectivity index is 2.07. The van der Waals surface area contributed by atoms with Crippen molar-refractivity contribution in [2.24, 2.45) is 11.1 Å². The number of carbonyl (C=O) groups excluding carboxylic acids is 2. The van der Waals surface area contributed by atoms with Crippen molar-refractivity contribution >= 4 is 33.8 Å². The van der Waals surface area contributed by atoms with Gasteiger partial charge in [-0.3, -0.25) is 4.79 Å². The van der Waals surface area contributed by atoms with Crippen LogP contribution in [0.1, 0.15) is 54.8 Å². The van der Waals surface area contributed by atoms with Crippen molar-refractivity contribution in [2.45, 2.75) is 48.5 Å². The lowest BCUT2D eigenvalue weighted by Gasteiger charge is -2.46.